The first-order chi connectivity index (χ1) is 6.73. The maximum atomic E-state index is 13.3. The van der Waals surface area contributed by atoms with Crippen LogP contribution in [0.5, 0.6) is 0 Å². The SMILES string of the molecule is CC(C)(C)c1nc(C(=O)O)[nH]c(=O)c1F. The summed E-state index contributed by atoms with van der Waals surface area (Å²) in [6.07, 6.45) is 0. The van der Waals surface area contributed by atoms with Crippen molar-refractivity contribution in [1.29, 1.82) is 0 Å². The second-order valence-electron chi connectivity index (χ2n) is 4.13. The predicted octanol–water partition coefficient (Wildman–Crippen LogP) is 0.905. The third-order valence-corrected chi connectivity index (χ3v) is 1.78. The quantitative estimate of drug-likeness (QED) is 0.727. The summed E-state index contributed by atoms with van der Waals surface area (Å²) in [6, 6.07) is 0. The van der Waals surface area contributed by atoms with Crippen LogP contribution in [0.25, 0.3) is 0 Å². The number of hydrogen-bond acceptors (Lipinski definition) is 3. The van der Waals surface area contributed by atoms with Crippen LogP contribution >= 0.6 is 0 Å². The van der Waals surface area contributed by atoms with E-state index in [-0.39, 0.29) is 5.69 Å². The summed E-state index contributed by atoms with van der Waals surface area (Å²) in [4.78, 5) is 27.1. The average molecular weight is 214 g/mol. The molecule has 0 radical (unpaired) electrons. The monoisotopic (exact) mass is 214 g/mol. The highest BCUT2D eigenvalue weighted by Crippen LogP contribution is 2.20. The molecule has 6 heteroatoms. The number of rotatable bonds is 1. The number of H-pyrrole nitrogens is 1. The third kappa shape index (κ3) is 2.20. The van der Waals surface area contributed by atoms with Gasteiger partial charge in [-0.3, -0.25) is 9.78 Å². The lowest BCUT2D eigenvalue weighted by atomic mass is 9.91. The van der Waals surface area contributed by atoms with Gasteiger partial charge in [-0.05, 0) is 0 Å². The van der Waals surface area contributed by atoms with E-state index in [4.69, 9.17) is 5.11 Å². The minimum atomic E-state index is -1.39. The lowest BCUT2D eigenvalue weighted by molar-refractivity contribution is 0.0682. The van der Waals surface area contributed by atoms with Gasteiger partial charge in [0.1, 0.15) is 0 Å². The van der Waals surface area contributed by atoms with Crippen molar-refractivity contribution in [2.75, 3.05) is 0 Å². The highest BCUT2D eigenvalue weighted by Gasteiger charge is 2.24. The van der Waals surface area contributed by atoms with Crippen LogP contribution in [0, 0.1) is 5.82 Å². The zero-order chi connectivity index (χ0) is 11.8. The van der Waals surface area contributed by atoms with Crippen molar-refractivity contribution in [3.8, 4) is 0 Å². The summed E-state index contributed by atoms with van der Waals surface area (Å²) in [5.74, 6) is -2.98. The normalized spacial score (nSPS) is 11.5. The summed E-state index contributed by atoms with van der Waals surface area (Å²) >= 11 is 0. The summed E-state index contributed by atoms with van der Waals surface area (Å²) in [5.41, 5.74) is -1.93. The molecule has 0 bridgehead atoms. The van der Waals surface area contributed by atoms with E-state index in [9.17, 15) is 14.0 Å². The zero-order valence-corrected chi connectivity index (χ0v) is 8.59. The molecule has 15 heavy (non-hydrogen) atoms. The second-order valence-corrected chi connectivity index (χ2v) is 4.13. The number of nitrogens with zero attached hydrogens (tertiary/aromatic N) is 1. The van der Waals surface area contributed by atoms with Crippen LogP contribution < -0.4 is 5.56 Å². The van der Waals surface area contributed by atoms with E-state index in [1.54, 1.807) is 20.8 Å². The highest BCUT2D eigenvalue weighted by atomic mass is 19.1. The molecule has 0 fully saturated rings. The standard InChI is InChI=1S/C9H11FN2O3/c1-9(2,3)5-4(10)7(13)12-6(11-5)8(14)15/h1-3H3,(H,14,15)(H,11,12,13). The molecule has 5 nitrogen and oxygen atoms in total. The van der Waals surface area contributed by atoms with Crippen molar-refractivity contribution in [2.24, 2.45) is 0 Å². The maximum absolute atomic E-state index is 13.3. The summed E-state index contributed by atoms with van der Waals surface area (Å²) in [6.45, 7) is 4.93. The Bertz CT molecular complexity index is 459. The van der Waals surface area contributed by atoms with E-state index in [0.717, 1.165) is 0 Å². The predicted molar refractivity (Wildman–Crippen MR) is 50.5 cm³/mol. The zero-order valence-electron chi connectivity index (χ0n) is 8.59. The van der Waals surface area contributed by atoms with Crippen molar-refractivity contribution in [3.63, 3.8) is 0 Å². The van der Waals surface area contributed by atoms with Gasteiger partial charge in [-0.2, -0.15) is 4.39 Å². The molecule has 1 rings (SSSR count). The Morgan fingerprint density at radius 3 is 2.40 bits per heavy atom. The van der Waals surface area contributed by atoms with Crippen LogP contribution in [-0.2, 0) is 5.41 Å². The summed E-state index contributed by atoms with van der Waals surface area (Å²) < 4.78 is 13.3. The van der Waals surface area contributed by atoms with E-state index < -0.39 is 28.6 Å². The fourth-order valence-electron chi connectivity index (χ4n) is 1.06. The number of carboxylic acids is 1. The van der Waals surface area contributed by atoms with Gasteiger partial charge in [0.2, 0.25) is 11.6 Å². The Kier molecular flexibility index (Phi) is 2.61. The molecule has 82 valence electrons. The number of nitrogens with one attached hydrogen (secondary N) is 1. The number of hydrogen-bond donors (Lipinski definition) is 2. The lowest BCUT2D eigenvalue weighted by Crippen LogP contribution is -2.27. The van der Waals surface area contributed by atoms with Gasteiger partial charge in [0.05, 0.1) is 5.69 Å². The minimum absolute atomic E-state index is 0.149. The molecule has 0 spiro atoms. The molecule has 0 saturated heterocycles. The van der Waals surface area contributed by atoms with Crippen molar-refractivity contribution in [3.05, 3.63) is 27.7 Å². The van der Waals surface area contributed by atoms with Gasteiger partial charge in [-0.15, -0.1) is 0 Å². The molecule has 0 aliphatic carbocycles. The fraction of sp³-hybridized carbons (Fsp3) is 0.444. The van der Waals surface area contributed by atoms with Crippen molar-refractivity contribution >= 4 is 5.97 Å². The topological polar surface area (TPSA) is 83.0 Å². The van der Waals surface area contributed by atoms with Gasteiger partial charge in [-0.1, -0.05) is 20.8 Å². The number of carboxylic acid groups (broad SMARTS) is 1. The van der Waals surface area contributed by atoms with Gasteiger partial charge < -0.3 is 5.11 Å². The Labute approximate surface area is 85.0 Å². The van der Waals surface area contributed by atoms with Gasteiger partial charge in [0.25, 0.3) is 5.56 Å². The van der Waals surface area contributed by atoms with E-state index in [2.05, 4.69) is 4.98 Å². The van der Waals surface area contributed by atoms with Crippen molar-refractivity contribution in [2.45, 2.75) is 26.2 Å². The van der Waals surface area contributed by atoms with E-state index >= 15 is 0 Å². The van der Waals surface area contributed by atoms with Gasteiger partial charge in [-0.25, -0.2) is 9.78 Å². The van der Waals surface area contributed by atoms with Crippen LogP contribution in [0.15, 0.2) is 4.79 Å². The van der Waals surface area contributed by atoms with E-state index in [1.807, 2.05) is 4.98 Å². The molecule has 0 aromatic carbocycles. The Morgan fingerprint density at radius 2 is 2.00 bits per heavy atom. The summed E-state index contributed by atoms with van der Waals surface area (Å²) in [7, 11) is 0. The molecule has 0 atom stereocenters. The Hall–Kier alpha value is -1.72. The Morgan fingerprint density at radius 1 is 1.47 bits per heavy atom. The molecular weight excluding hydrogens is 203 g/mol. The van der Waals surface area contributed by atoms with Crippen LogP contribution in [-0.4, -0.2) is 21.0 Å². The van der Waals surface area contributed by atoms with Gasteiger partial charge >= 0.3 is 5.97 Å². The number of aromatic amines is 1. The first-order valence-corrected chi connectivity index (χ1v) is 4.27. The van der Waals surface area contributed by atoms with Gasteiger partial charge in [0, 0.05) is 5.41 Å². The van der Waals surface area contributed by atoms with E-state index in [1.165, 1.54) is 0 Å². The highest BCUT2D eigenvalue weighted by molar-refractivity contribution is 5.82. The van der Waals surface area contributed by atoms with Crippen LogP contribution in [0.3, 0.4) is 0 Å². The van der Waals surface area contributed by atoms with Crippen LogP contribution in [0.4, 0.5) is 4.39 Å². The molecule has 1 aromatic rings. The van der Waals surface area contributed by atoms with Crippen LogP contribution in [0.1, 0.15) is 37.1 Å². The smallest absolute Gasteiger partial charge is 0.372 e. The Balaban J connectivity index is 3.52. The fourth-order valence-corrected chi connectivity index (χ4v) is 1.06. The van der Waals surface area contributed by atoms with Crippen molar-refractivity contribution < 1.29 is 14.3 Å². The molecular formula is C9H11FN2O3. The second kappa shape index (κ2) is 3.45. The maximum Gasteiger partial charge on any atom is 0.372 e. The number of aromatic nitrogens is 2. The molecule has 0 aliphatic heterocycles. The molecule has 0 aliphatic rings. The van der Waals surface area contributed by atoms with E-state index in [0.29, 0.717) is 0 Å². The number of carbonyl (C=O) groups is 1. The molecule has 1 heterocycles. The third-order valence-electron chi connectivity index (χ3n) is 1.78. The molecule has 0 amide bonds. The average Bonchev–Trinajstić information content (AvgIpc) is 2.06. The minimum Gasteiger partial charge on any atom is -0.475 e. The van der Waals surface area contributed by atoms with Crippen molar-refractivity contribution in [1.82, 2.24) is 9.97 Å². The molecule has 0 saturated carbocycles. The number of halogens is 1. The first-order valence-electron chi connectivity index (χ1n) is 4.27. The number of aromatic carboxylic acids is 1. The van der Waals surface area contributed by atoms with Crippen LogP contribution in [0.2, 0.25) is 0 Å². The lowest BCUT2D eigenvalue weighted by Gasteiger charge is -2.17. The summed E-state index contributed by atoms with van der Waals surface area (Å²) in [5, 5.41) is 8.64. The first kappa shape index (κ1) is 11.4. The largest absolute Gasteiger partial charge is 0.475 e. The molecule has 1 aromatic heterocycles. The van der Waals surface area contributed by atoms with Gasteiger partial charge in [0.15, 0.2) is 0 Å². The molecule has 0 unspecified atom stereocenters. The molecule has 2 N–H and O–H groups in total.